The van der Waals surface area contributed by atoms with Gasteiger partial charge in [0.25, 0.3) is 0 Å². The van der Waals surface area contributed by atoms with Gasteiger partial charge in [0, 0.05) is 17.3 Å². The maximum atomic E-state index is 11.9. The number of Topliss-reactive ketones (excluding diaryl/α,β-unsaturated/α-hetero) is 2. The number of carbonyl (C=O) groups is 2. The van der Waals surface area contributed by atoms with E-state index in [9.17, 15) is 9.59 Å². The summed E-state index contributed by atoms with van der Waals surface area (Å²) in [6, 6.07) is 6.02. The number of hydrogen-bond donors (Lipinski definition) is 0. The normalized spacial score (nSPS) is 21.2. The Morgan fingerprint density at radius 2 is 1.65 bits per heavy atom. The van der Waals surface area contributed by atoms with Gasteiger partial charge in [0.05, 0.1) is 0 Å². The van der Waals surface area contributed by atoms with E-state index in [4.69, 9.17) is 0 Å². The van der Waals surface area contributed by atoms with Crippen molar-refractivity contribution in [2.75, 3.05) is 0 Å². The summed E-state index contributed by atoms with van der Waals surface area (Å²) >= 11 is 3.43. The Balaban J connectivity index is 2.08. The second-order valence-electron chi connectivity index (χ2n) is 4.91. The monoisotopic (exact) mass is 292 g/mol. The second-order valence-corrected chi connectivity index (χ2v) is 5.83. The van der Waals surface area contributed by atoms with Crippen molar-refractivity contribution in [2.24, 2.45) is 0 Å². The molecule has 2 fully saturated rings. The first-order valence-corrected chi connectivity index (χ1v) is 6.81. The van der Waals surface area contributed by atoms with Crippen LogP contribution in [0.2, 0.25) is 0 Å². The molecule has 0 amide bonds. The molecule has 2 nitrogen and oxygen atoms in total. The van der Waals surface area contributed by atoms with E-state index in [1.54, 1.807) is 0 Å². The predicted octanol–water partition coefficient (Wildman–Crippen LogP) is 3.34. The predicted molar refractivity (Wildman–Crippen MR) is 68.1 cm³/mol. The molecule has 0 atom stereocenters. The summed E-state index contributed by atoms with van der Waals surface area (Å²) in [5, 5.41) is 0. The molecule has 2 aliphatic rings. The molecule has 0 heterocycles. The third-order valence-corrected chi connectivity index (χ3v) is 4.13. The lowest BCUT2D eigenvalue weighted by Gasteiger charge is -2.13. The number of rotatable bonds is 2. The molecule has 3 heteroatoms. The Bertz CT molecular complexity index is 487. The van der Waals surface area contributed by atoms with Gasteiger partial charge in [0.2, 0.25) is 0 Å². The third-order valence-electron chi connectivity index (χ3n) is 3.64. The number of hydrogen-bond acceptors (Lipinski definition) is 2. The summed E-state index contributed by atoms with van der Waals surface area (Å²) in [5.41, 5.74) is 2.16. The molecule has 0 saturated heterocycles. The van der Waals surface area contributed by atoms with E-state index in [1.807, 2.05) is 12.1 Å². The molecule has 0 spiro atoms. The van der Waals surface area contributed by atoms with Crippen LogP contribution in [0.5, 0.6) is 0 Å². The Kier molecular flexibility index (Phi) is 2.66. The average molecular weight is 293 g/mol. The Labute approximate surface area is 109 Å². The van der Waals surface area contributed by atoms with Crippen LogP contribution in [0.1, 0.15) is 48.6 Å². The van der Waals surface area contributed by atoms with E-state index >= 15 is 0 Å². The maximum absolute atomic E-state index is 11.9. The minimum absolute atomic E-state index is 0.0926. The van der Waals surface area contributed by atoms with Crippen LogP contribution in [0.3, 0.4) is 0 Å². The summed E-state index contributed by atoms with van der Waals surface area (Å²) in [4.78, 5) is 23.7. The van der Waals surface area contributed by atoms with Crippen LogP contribution in [0.25, 0.3) is 0 Å². The van der Waals surface area contributed by atoms with E-state index in [2.05, 4.69) is 22.0 Å². The summed E-state index contributed by atoms with van der Waals surface area (Å²) in [6.45, 7) is 0. The first kappa shape index (κ1) is 11.1. The van der Waals surface area contributed by atoms with Crippen molar-refractivity contribution < 1.29 is 9.59 Å². The second kappa shape index (κ2) is 4.05. The van der Waals surface area contributed by atoms with Crippen LogP contribution < -0.4 is 0 Å². The molecular weight excluding hydrogens is 280 g/mol. The van der Waals surface area contributed by atoms with E-state index in [1.165, 1.54) is 18.4 Å². The lowest BCUT2D eigenvalue weighted by Crippen LogP contribution is -2.14. The zero-order valence-electron chi connectivity index (χ0n) is 9.41. The fourth-order valence-corrected chi connectivity index (χ4v) is 3.00. The average Bonchev–Trinajstić information content (AvgIpc) is 3.06. The van der Waals surface area contributed by atoms with Crippen LogP contribution in [-0.2, 0) is 9.59 Å². The molecule has 0 bridgehead atoms. The highest BCUT2D eigenvalue weighted by molar-refractivity contribution is 9.10. The topological polar surface area (TPSA) is 34.1 Å². The standard InChI is InChI=1S/C14H13BrO2/c15-9-3-4-10(8-1-2-8)11(7-9)14-12(16)5-6-13(14)17/h3-4,7-8,14H,1-2,5-6H2. The van der Waals surface area contributed by atoms with Gasteiger partial charge in [-0.3, -0.25) is 9.59 Å². The van der Waals surface area contributed by atoms with Gasteiger partial charge in [-0.25, -0.2) is 0 Å². The van der Waals surface area contributed by atoms with Crippen LogP contribution >= 0.6 is 15.9 Å². The van der Waals surface area contributed by atoms with E-state index < -0.39 is 5.92 Å². The molecule has 2 aliphatic carbocycles. The van der Waals surface area contributed by atoms with Gasteiger partial charge in [0.1, 0.15) is 17.5 Å². The van der Waals surface area contributed by atoms with Crippen molar-refractivity contribution in [3.05, 3.63) is 33.8 Å². The molecule has 0 radical (unpaired) electrons. The van der Waals surface area contributed by atoms with E-state index in [0.717, 1.165) is 10.0 Å². The summed E-state index contributed by atoms with van der Waals surface area (Å²) < 4.78 is 0.949. The van der Waals surface area contributed by atoms with Crippen LogP contribution in [0.15, 0.2) is 22.7 Å². The summed E-state index contributed by atoms with van der Waals surface area (Å²) in [7, 11) is 0. The molecular formula is C14H13BrO2. The molecule has 1 aromatic rings. The fraction of sp³-hybridized carbons (Fsp3) is 0.429. The van der Waals surface area contributed by atoms with E-state index in [-0.39, 0.29) is 11.6 Å². The van der Waals surface area contributed by atoms with Gasteiger partial charge in [-0.2, -0.15) is 0 Å². The SMILES string of the molecule is O=C1CCC(=O)C1c1cc(Br)ccc1C1CC1. The molecule has 0 aromatic heterocycles. The number of ketones is 2. The lowest BCUT2D eigenvalue weighted by atomic mass is 9.89. The minimum Gasteiger partial charge on any atom is -0.299 e. The highest BCUT2D eigenvalue weighted by Crippen LogP contribution is 2.45. The molecule has 88 valence electrons. The molecule has 1 aromatic carbocycles. The minimum atomic E-state index is -0.483. The zero-order valence-corrected chi connectivity index (χ0v) is 11.0. The van der Waals surface area contributed by atoms with Crippen molar-refractivity contribution in [1.82, 2.24) is 0 Å². The van der Waals surface area contributed by atoms with Crippen molar-refractivity contribution >= 4 is 27.5 Å². The van der Waals surface area contributed by atoms with Gasteiger partial charge >= 0.3 is 0 Å². The Morgan fingerprint density at radius 3 is 2.24 bits per heavy atom. The van der Waals surface area contributed by atoms with E-state index in [0.29, 0.717) is 18.8 Å². The molecule has 0 aliphatic heterocycles. The van der Waals surface area contributed by atoms with Crippen LogP contribution in [0.4, 0.5) is 0 Å². The molecule has 2 saturated carbocycles. The highest BCUT2D eigenvalue weighted by atomic mass is 79.9. The maximum Gasteiger partial charge on any atom is 0.148 e. The number of benzene rings is 1. The van der Waals surface area contributed by atoms with Gasteiger partial charge in [-0.05, 0) is 42.0 Å². The van der Waals surface area contributed by atoms with Gasteiger partial charge < -0.3 is 0 Å². The number of carbonyl (C=O) groups excluding carboxylic acids is 2. The van der Waals surface area contributed by atoms with Gasteiger partial charge in [-0.15, -0.1) is 0 Å². The quantitative estimate of drug-likeness (QED) is 0.784. The smallest absolute Gasteiger partial charge is 0.148 e. The largest absolute Gasteiger partial charge is 0.299 e. The molecule has 0 N–H and O–H groups in total. The fourth-order valence-electron chi connectivity index (χ4n) is 2.62. The highest BCUT2D eigenvalue weighted by Gasteiger charge is 2.38. The van der Waals surface area contributed by atoms with Crippen molar-refractivity contribution in [3.63, 3.8) is 0 Å². The van der Waals surface area contributed by atoms with Crippen molar-refractivity contribution in [3.8, 4) is 0 Å². The molecule has 17 heavy (non-hydrogen) atoms. The van der Waals surface area contributed by atoms with Crippen LogP contribution in [0, 0.1) is 0 Å². The summed E-state index contributed by atoms with van der Waals surface area (Å²) in [5.74, 6) is 0.271. The third kappa shape index (κ3) is 1.97. The number of halogens is 1. The Hall–Kier alpha value is -0.960. The molecule has 0 unspecified atom stereocenters. The zero-order chi connectivity index (χ0) is 12.0. The summed E-state index contributed by atoms with van der Waals surface area (Å²) in [6.07, 6.45) is 3.20. The Morgan fingerprint density at radius 1 is 1.00 bits per heavy atom. The van der Waals surface area contributed by atoms with Gasteiger partial charge in [0.15, 0.2) is 0 Å². The molecule has 3 rings (SSSR count). The van der Waals surface area contributed by atoms with Crippen LogP contribution in [-0.4, -0.2) is 11.6 Å². The first-order valence-electron chi connectivity index (χ1n) is 6.01. The lowest BCUT2D eigenvalue weighted by molar-refractivity contribution is -0.123. The van der Waals surface area contributed by atoms with Crippen molar-refractivity contribution in [2.45, 2.75) is 37.5 Å². The van der Waals surface area contributed by atoms with Gasteiger partial charge in [-0.1, -0.05) is 22.0 Å². The van der Waals surface area contributed by atoms with Crippen molar-refractivity contribution in [1.29, 1.82) is 0 Å². The first-order chi connectivity index (χ1) is 8.16.